The number of hydrogen-bond donors (Lipinski definition) is 0. The molecular weight excluding hydrogens is 381 g/mol. The maximum absolute atomic E-state index is 13.0. The third kappa shape index (κ3) is 4.51. The number of fused-ring (bicyclic) bond motifs is 1. The van der Waals surface area contributed by atoms with Crippen molar-refractivity contribution < 1.29 is 22.2 Å². The lowest BCUT2D eigenvalue weighted by atomic mass is 10.3. The molecule has 2 aromatic heterocycles. The number of carbonyl (C=O) groups is 1. The number of benzene rings is 1. The molecule has 3 aromatic rings. The summed E-state index contributed by atoms with van der Waals surface area (Å²) in [6.45, 7) is 1.06. The fourth-order valence-corrected chi connectivity index (χ4v) is 4.45. The van der Waals surface area contributed by atoms with Crippen LogP contribution < -0.4 is 0 Å². The average molecular weight is 396 g/mol. The Kier molecular flexibility index (Phi) is 5.01. The van der Waals surface area contributed by atoms with Crippen LogP contribution in [0.4, 0.5) is 13.2 Å². The highest BCUT2D eigenvalue weighted by Gasteiger charge is 2.30. The molecule has 0 fully saturated rings. The summed E-state index contributed by atoms with van der Waals surface area (Å²) in [6.07, 6.45) is -0.929. The highest BCUT2D eigenvalue weighted by molar-refractivity contribution is 7.94. The molecule has 0 N–H and O–H groups in total. The number of rotatable bonds is 4. The maximum Gasteiger partial charge on any atom is 0.390 e. The van der Waals surface area contributed by atoms with Crippen LogP contribution in [-0.2, 0) is 14.5 Å². The Morgan fingerprint density at radius 2 is 2.07 bits per heavy atom. The van der Waals surface area contributed by atoms with Crippen molar-refractivity contribution in [1.82, 2.24) is 14.8 Å². The van der Waals surface area contributed by atoms with E-state index in [0.29, 0.717) is 16.6 Å². The van der Waals surface area contributed by atoms with Crippen LogP contribution in [0.1, 0.15) is 13.3 Å². The normalized spacial score (nSPS) is 14.1. The lowest BCUT2D eigenvalue weighted by molar-refractivity contribution is -0.130. The van der Waals surface area contributed by atoms with Gasteiger partial charge in [0.2, 0.25) is 0 Å². The van der Waals surface area contributed by atoms with Gasteiger partial charge in [-0.25, -0.2) is 8.89 Å². The fourth-order valence-electron chi connectivity index (χ4n) is 2.50. The minimum absolute atomic E-state index is 0.0696. The first kappa shape index (κ1) is 19.0. The number of alkyl halides is 3. The number of halogens is 3. The largest absolute Gasteiger partial charge is 0.390 e. The van der Waals surface area contributed by atoms with E-state index in [1.807, 2.05) is 0 Å². The van der Waals surface area contributed by atoms with E-state index in [1.54, 1.807) is 41.5 Å². The monoisotopic (exact) mass is 396 g/mol. The zero-order valence-corrected chi connectivity index (χ0v) is 15.0. The molecule has 1 aromatic carbocycles. The van der Waals surface area contributed by atoms with Gasteiger partial charge in [0.25, 0.3) is 5.91 Å². The van der Waals surface area contributed by atoms with Gasteiger partial charge in [-0.05, 0) is 30.3 Å². The topological polar surface area (TPSA) is 77.2 Å². The number of aromatic nitrogens is 3. The molecule has 142 valence electrons. The van der Waals surface area contributed by atoms with E-state index in [9.17, 15) is 22.2 Å². The summed E-state index contributed by atoms with van der Waals surface area (Å²) in [4.78, 5) is 15.4. The molecule has 27 heavy (non-hydrogen) atoms. The second-order valence-corrected chi connectivity index (χ2v) is 8.17. The van der Waals surface area contributed by atoms with Crippen molar-refractivity contribution in [2.24, 2.45) is 4.36 Å². The lowest BCUT2D eigenvalue weighted by Crippen LogP contribution is -2.17. The third-order valence-electron chi connectivity index (χ3n) is 3.69. The Hall–Kier alpha value is -2.75. The number of nitrogens with zero attached hydrogens (tertiary/aromatic N) is 4. The molecule has 0 saturated carbocycles. The minimum Gasteiger partial charge on any atom is -0.272 e. The average Bonchev–Trinajstić information content (AvgIpc) is 3.03. The van der Waals surface area contributed by atoms with Crippen molar-refractivity contribution >= 4 is 26.5 Å². The maximum atomic E-state index is 13.0. The first-order chi connectivity index (χ1) is 12.7. The molecule has 0 radical (unpaired) electrons. The van der Waals surface area contributed by atoms with Gasteiger partial charge in [-0.1, -0.05) is 0 Å². The van der Waals surface area contributed by atoms with Crippen LogP contribution in [0.5, 0.6) is 0 Å². The van der Waals surface area contributed by atoms with E-state index in [4.69, 9.17) is 0 Å². The van der Waals surface area contributed by atoms with E-state index in [1.165, 1.54) is 12.1 Å². The predicted octanol–water partition coefficient (Wildman–Crippen LogP) is 3.75. The van der Waals surface area contributed by atoms with Gasteiger partial charge in [0.15, 0.2) is 0 Å². The van der Waals surface area contributed by atoms with Crippen LogP contribution in [0, 0.1) is 0 Å². The highest BCUT2D eigenvalue weighted by Crippen LogP contribution is 2.26. The van der Waals surface area contributed by atoms with E-state index in [2.05, 4.69) is 14.4 Å². The molecule has 0 spiro atoms. The molecule has 6 nitrogen and oxygen atoms in total. The molecule has 1 atom stereocenters. The quantitative estimate of drug-likeness (QED) is 0.673. The molecule has 0 bridgehead atoms. The first-order valence-electron chi connectivity index (χ1n) is 7.88. The van der Waals surface area contributed by atoms with E-state index in [0.717, 1.165) is 6.92 Å². The standard InChI is InChI=1S/C17H15F3N4O2S/c1-12(25)23-27(26,8-6-17(18,19)20)15-4-5-16-13(9-15)11-24(22-16)14-3-2-7-21-10-14/h2-5,7,9-11H,6,8H2,1H3. The summed E-state index contributed by atoms with van der Waals surface area (Å²) in [5.41, 5.74) is 1.25. The summed E-state index contributed by atoms with van der Waals surface area (Å²) in [6, 6.07) is 7.93. The van der Waals surface area contributed by atoms with Gasteiger partial charge in [0, 0.05) is 35.4 Å². The third-order valence-corrected chi connectivity index (χ3v) is 5.99. The smallest absolute Gasteiger partial charge is 0.272 e. The van der Waals surface area contributed by atoms with Gasteiger partial charge in [0.1, 0.15) is 0 Å². The van der Waals surface area contributed by atoms with Crippen LogP contribution >= 0.6 is 0 Å². The lowest BCUT2D eigenvalue weighted by Gasteiger charge is -2.11. The van der Waals surface area contributed by atoms with Crippen LogP contribution in [0.25, 0.3) is 16.6 Å². The molecule has 0 aliphatic rings. The molecule has 10 heteroatoms. The SMILES string of the molecule is CC(=O)N=S(=O)(CCC(F)(F)F)c1ccc2nn(-c3cccnc3)cc2c1. The van der Waals surface area contributed by atoms with Gasteiger partial charge in [-0.15, -0.1) is 0 Å². The molecule has 0 saturated heterocycles. The Labute approximate surface area is 153 Å². The fraction of sp³-hybridized carbons (Fsp3) is 0.235. The van der Waals surface area contributed by atoms with Crippen molar-refractivity contribution in [2.75, 3.05) is 5.75 Å². The molecule has 3 rings (SSSR count). The number of pyridine rings is 1. The van der Waals surface area contributed by atoms with E-state index >= 15 is 0 Å². The molecular formula is C17H15F3N4O2S. The van der Waals surface area contributed by atoms with Crippen LogP contribution in [0.2, 0.25) is 0 Å². The molecule has 0 aliphatic carbocycles. The minimum atomic E-state index is -4.50. The Balaban J connectivity index is 2.05. The van der Waals surface area contributed by atoms with Crippen molar-refractivity contribution in [3.05, 3.63) is 48.9 Å². The van der Waals surface area contributed by atoms with Crippen LogP contribution in [0.3, 0.4) is 0 Å². The molecule has 0 aliphatic heterocycles. The number of carbonyl (C=O) groups excluding carboxylic acids is 1. The number of hydrogen-bond acceptors (Lipinski definition) is 4. The van der Waals surface area contributed by atoms with Crippen molar-refractivity contribution in [2.45, 2.75) is 24.4 Å². The molecule has 1 unspecified atom stereocenters. The van der Waals surface area contributed by atoms with Crippen LogP contribution in [-0.4, -0.2) is 36.8 Å². The summed E-state index contributed by atoms with van der Waals surface area (Å²) >= 11 is 0. The summed E-state index contributed by atoms with van der Waals surface area (Å²) in [7, 11) is -3.54. The zero-order valence-electron chi connectivity index (χ0n) is 14.2. The van der Waals surface area contributed by atoms with Gasteiger partial charge in [0.05, 0.1) is 33.6 Å². The van der Waals surface area contributed by atoms with Crippen molar-refractivity contribution in [3.8, 4) is 5.69 Å². The van der Waals surface area contributed by atoms with Gasteiger partial charge in [-0.3, -0.25) is 9.78 Å². The van der Waals surface area contributed by atoms with Gasteiger partial charge < -0.3 is 0 Å². The van der Waals surface area contributed by atoms with Crippen molar-refractivity contribution in [3.63, 3.8) is 0 Å². The second kappa shape index (κ2) is 7.10. The summed E-state index contributed by atoms with van der Waals surface area (Å²) < 4.78 is 55.9. The van der Waals surface area contributed by atoms with Gasteiger partial charge in [-0.2, -0.15) is 22.6 Å². The Morgan fingerprint density at radius 1 is 1.30 bits per heavy atom. The van der Waals surface area contributed by atoms with E-state index < -0.39 is 34.0 Å². The van der Waals surface area contributed by atoms with Gasteiger partial charge >= 0.3 is 6.18 Å². The zero-order chi connectivity index (χ0) is 19.7. The molecule has 2 heterocycles. The van der Waals surface area contributed by atoms with Crippen LogP contribution in [0.15, 0.2) is 58.2 Å². The van der Waals surface area contributed by atoms with Crippen molar-refractivity contribution in [1.29, 1.82) is 0 Å². The first-order valence-corrected chi connectivity index (χ1v) is 9.57. The van der Waals surface area contributed by atoms with E-state index in [-0.39, 0.29) is 4.90 Å². The second-order valence-electron chi connectivity index (χ2n) is 5.83. The summed E-state index contributed by atoms with van der Waals surface area (Å²) in [5, 5.41) is 4.92. The Morgan fingerprint density at radius 3 is 2.70 bits per heavy atom. The highest BCUT2D eigenvalue weighted by atomic mass is 32.2. The Bertz CT molecular complexity index is 1100. The predicted molar refractivity (Wildman–Crippen MR) is 93.9 cm³/mol. The number of amides is 1. The molecule has 1 amide bonds. The summed E-state index contributed by atoms with van der Waals surface area (Å²) in [5.74, 6) is -1.56.